The summed E-state index contributed by atoms with van der Waals surface area (Å²) in [6.07, 6.45) is -0.623. The van der Waals surface area contributed by atoms with Gasteiger partial charge in [0.15, 0.2) is 5.78 Å². The van der Waals surface area contributed by atoms with Gasteiger partial charge in [0.25, 0.3) is 0 Å². The Labute approximate surface area is 103 Å². The molecule has 5 heteroatoms. The number of hydrogen-bond acceptors (Lipinski definition) is 3. The van der Waals surface area contributed by atoms with Crippen molar-refractivity contribution in [3.05, 3.63) is 34.6 Å². The number of Topliss-reactive ketones (excluding diaryl/α,β-unsaturated/α-hetero) is 1. The minimum absolute atomic E-state index is 0.0242. The van der Waals surface area contributed by atoms with Crippen LogP contribution in [0, 0.1) is 5.82 Å². The highest BCUT2D eigenvalue weighted by Gasteiger charge is 2.23. The molecular weight excluding hydrogens is 247 g/mol. The Kier molecular flexibility index (Phi) is 4.10. The fraction of sp³-hybridized carbons (Fsp3) is 0.417. The van der Waals surface area contributed by atoms with Crippen LogP contribution < -0.4 is 0 Å². The highest BCUT2D eigenvalue weighted by Crippen LogP contribution is 2.19. The molecule has 1 aromatic rings. The Balaban J connectivity index is 2.04. The van der Waals surface area contributed by atoms with Gasteiger partial charge in [-0.3, -0.25) is 4.79 Å². The van der Waals surface area contributed by atoms with Crippen molar-refractivity contribution in [3.63, 3.8) is 0 Å². The molecule has 3 nitrogen and oxygen atoms in total. The van der Waals surface area contributed by atoms with Crippen LogP contribution >= 0.6 is 11.6 Å². The zero-order chi connectivity index (χ0) is 12.3. The van der Waals surface area contributed by atoms with Crippen LogP contribution in [-0.4, -0.2) is 31.7 Å². The van der Waals surface area contributed by atoms with Crippen molar-refractivity contribution in [1.29, 1.82) is 0 Å². The monoisotopic (exact) mass is 258 g/mol. The van der Waals surface area contributed by atoms with Crippen LogP contribution in [0.2, 0.25) is 5.02 Å². The highest BCUT2D eigenvalue weighted by atomic mass is 35.5. The van der Waals surface area contributed by atoms with Gasteiger partial charge >= 0.3 is 0 Å². The van der Waals surface area contributed by atoms with E-state index in [9.17, 15) is 9.18 Å². The first-order valence-corrected chi connectivity index (χ1v) is 5.71. The van der Waals surface area contributed by atoms with E-state index in [1.807, 2.05) is 0 Å². The molecule has 1 aliphatic rings. The summed E-state index contributed by atoms with van der Waals surface area (Å²) >= 11 is 5.64. The Morgan fingerprint density at radius 3 is 3.00 bits per heavy atom. The van der Waals surface area contributed by atoms with Gasteiger partial charge < -0.3 is 9.47 Å². The van der Waals surface area contributed by atoms with E-state index in [-0.39, 0.29) is 29.4 Å². The average Bonchev–Trinajstić information content (AvgIpc) is 2.36. The molecule has 2 rings (SSSR count). The van der Waals surface area contributed by atoms with E-state index in [1.54, 1.807) is 12.1 Å². The van der Waals surface area contributed by atoms with Gasteiger partial charge in [0.05, 0.1) is 24.8 Å². The molecule has 1 atom stereocenters. The van der Waals surface area contributed by atoms with Crippen LogP contribution in [-0.2, 0) is 20.7 Å². The predicted octanol–water partition coefficient (Wildman–Crippen LogP) is 2.01. The fourth-order valence-corrected chi connectivity index (χ4v) is 1.85. The van der Waals surface area contributed by atoms with E-state index < -0.39 is 11.9 Å². The summed E-state index contributed by atoms with van der Waals surface area (Å²) in [6.45, 7) is 1.13. The molecule has 1 aromatic carbocycles. The Bertz CT molecular complexity index is 416. The smallest absolute Gasteiger partial charge is 0.168 e. The lowest BCUT2D eigenvalue weighted by molar-refractivity contribution is -0.144. The summed E-state index contributed by atoms with van der Waals surface area (Å²) in [5.74, 6) is -0.731. The van der Waals surface area contributed by atoms with Crippen LogP contribution in [0.15, 0.2) is 18.2 Å². The number of carbonyl (C=O) groups is 1. The molecule has 0 radical (unpaired) electrons. The molecule has 1 saturated heterocycles. The number of ketones is 1. The van der Waals surface area contributed by atoms with Gasteiger partial charge in [-0.15, -0.1) is 0 Å². The van der Waals surface area contributed by atoms with Crippen molar-refractivity contribution in [2.75, 3.05) is 19.8 Å². The minimum atomic E-state index is -0.595. The molecule has 1 unspecified atom stereocenters. The van der Waals surface area contributed by atoms with Crippen molar-refractivity contribution >= 4 is 17.4 Å². The summed E-state index contributed by atoms with van der Waals surface area (Å²) in [6, 6.07) is 4.61. The third kappa shape index (κ3) is 3.03. The van der Waals surface area contributed by atoms with Gasteiger partial charge in [-0.1, -0.05) is 23.7 Å². The quantitative estimate of drug-likeness (QED) is 0.832. The second-order valence-electron chi connectivity index (χ2n) is 3.79. The van der Waals surface area contributed by atoms with Gasteiger partial charge in [0.1, 0.15) is 11.9 Å². The lowest BCUT2D eigenvalue weighted by Crippen LogP contribution is -2.36. The lowest BCUT2D eigenvalue weighted by Gasteiger charge is -2.21. The predicted molar refractivity (Wildman–Crippen MR) is 60.7 cm³/mol. The van der Waals surface area contributed by atoms with E-state index in [4.69, 9.17) is 21.1 Å². The molecule has 0 aromatic heterocycles. The van der Waals surface area contributed by atoms with Crippen LogP contribution in [0.3, 0.4) is 0 Å². The lowest BCUT2D eigenvalue weighted by atomic mass is 10.0. The maximum atomic E-state index is 13.6. The summed E-state index contributed by atoms with van der Waals surface area (Å²) in [5.41, 5.74) is 0.289. The number of benzene rings is 1. The molecule has 92 valence electrons. The van der Waals surface area contributed by atoms with Crippen molar-refractivity contribution < 1.29 is 18.7 Å². The molecule has 0 bridgehead atoms. The topological polar surface area (TPSA) is 35.5 Å². The first-order valence-electron chi connectivity index (χ1n) is 5.33. The molecule has 0 saturated carbocycles. The third-order valence-corrected chi connectivity index (χ3v) is 2.86. The summed E-state index contributed by atoms with van der Waals surface area (Å²) in [5, 5.41) is 0.0242. The van der Waals surface area contributed by atoms with Crippen LogP contribution in [0.1, 0.15) is 5.56 Å². The second kappa shape index (κ2) is 5.58. The molecular formula is C12H12ClFO3. The Morgan fingerprint density at radius 2 is 2.29 bits per heavy atom. The van der Waals surface area contributed by atoms with Gasteiger partial charge in [-0.2, -0.15) is 0 Å². The molecule has 0 spiro atoms. The Hall–Kier alpha value is -0.970. The van der Waals surface area contributed by atoms with Gasteiger partial charge in [-0.05, 0) is 11.6 Å². The first-order chi connectivity index (χ1) is 8.18. The number of rotatable bonds is 3. The van der Waals surface area contributed by atoms with Crippen molar-refractivity contribution in [1.82, 2.24) is 0 Å². The SMILES string of the molecule is O=C(Cc1cccc(Cl)c1F)C1COCCO1. The molecule has 1 fully saturated rings. The van der Waals surface area contributed by atoms with E-state index in [0.29, 0.717) is 13.2 Å². The normalized spacial score (nSPS) is 20.2. The zero-order valence-electron chi connectivity index (χ0n) is 9.12. The first kappa shape index (κ1) is 12.5. The largest absolute Gasteiger partial charge is 0.376 e. The zero-order valence-corrected chi connectivity index (χ0v) is 9.87. The van der Waals surface area contributed by atoms with Gasteiger partial charge in [-0.25, -0.2) is 4.39 Å². The van der Waals surface area contributed by atoms with Crippen LogP contribution in [0.4, 0.5) is 4.39 Å². The third-order valence-electron chi connectivity index (χ3n) is 2.57. The average molecular weight is 259 g/mol. The van der Waals surface area contributed by atoms with Gasteiger partial charge in [0.2, 0.25) is 0 Å². The van der Waals surface area contributed by atoms with E-state index >= 15 is 0 Å². The van der Waals surface area contributed by atoms with Crippen molar-refractivity contribution in [3.8, 4) is 0 Å². The summed E-state index contributed by atoms with van der Waals surface area (Å²) in [7, 11) is 0. The van der Waals surface area contributed by atoms with Crippen molar-refractivity contribution in [2.24, 2.45) is 0 Å². The second-order valence-corrected chi connectivity index (χ2v) is 4.20. The molecule has 1 heterocycles. The number of carbonyl (C=O) groups excluding carboxylic acids is 1. The fourth-order valence-electron chi connectivity index (χ4n) is 1.66. The van der Waals surface area contributed by atoms with E-state index in [1.165, 1.54) is 6.07 Å². The molecule has 0 amide bonds. The highest BCUT2D eigenvalue weighted by molar-refractivity contribution is 6.30. The van der Waals surface area contributed by atoms with Crippen LogP contribution in [0.5, 0.6) is 0 Å². The maximum absolute atomic E-state index is 13.6. The standard InChI is InChI=1S/C12H12ClFO3/c13-9-3-1-2-8(12(9)14)6-10(15)11-7-16-4-5-17-11/h1-3,11H,4-7H2. The summed E-state index contributed by atoms with van der Waals surface area (Å²) < 4.78 is 24.0. The Morgan fingerprint density at radius 1 is 1.47 bits per heavy atom. The van der Waals surface area contributed by atoms with Crippen molar-refractivity contribution in [2.45, 2.75) is 12.5 Å². The summed E-state index contributed by atoms with van der Waals surface area (Å²) in [4.78, 5) is 11.8. The van der Waals surface area contributed by atoms with Crippen LogP contribution in [0.25, 0.3) is 0 Å². The molecule has 0 aliphatic carbocycles. The number of hydrogen-bond donors (Lipinski definition) is 0. The molecule has 17 heavy (non-hydrogen) atoms. The van der Waals surface area contributed by atoms with E-state index in [0.717, 1.165) is 0 Å². The molecule has 0 N–H and O–H groups in total. The van der Waals surface area contributed by atoms with E-state index in [2.05, 4.69) is 0 Å². The van der Waals surface area contributed by atoms with Gasteiger partial charge in [0, 0.05) is 6.42 Å². The minimum Gasteiger partial charge on any atom is -0.376 e. The number of halogens is 2. The maximum Gasteiger partial charge on any atom is 0.168 e. The molecule has 1 aliphatic heterocycles. The number of ether oxygens (including phenoxy) is 2.